The van der Waals surface area contributed by atoms with Crippen LogP contribution in [0.5, 0.6) is 5.75 Å². The Morgan fingerprint density at radius 1 is 1.20 bits per heavy atom. The Balaban J connectivity index is 0.00000361. The molecule has 1 aromatic carbocycles. The Labute approximate surface area is 127 Å². The lowest BCUT2D eigenvalue weighted by atomic mass is 10.1. The van der Waals surface area contributed by atoms with E-state index in [1.165, 1.54) is 0 Å². The van der Waals surface area contributed by atoms with Gasteiger partial charge in [-0.1, -0.05) is 12.1 Å². The third-order valence-corrected chi connectivity index (χ3v) is 2.80. The van der Waals surface area contributed by atoms with Crippen molar-refractivity contribution in [1.82, 2.24) is 10.6 Å². The Bertz CT molecular complexity index is 369. The number of rotatable bonds is 9. The molecule has 1 aromatic rings. The smallest absolute Gasteiger partial charge is 0.220 e. The van der Waals surface area contributed by atoms with Gasteiger partial charge in [0, 0.05) is 13.0 Å². The van der Waals surface area contributed by atoms with Crippen LogP contribution in [0.1, 0.15) is 25.3 Å². The van der Waals surface area contributed by atoms with E-state index in [4.69, 9.17) is 4.74 Å². The molecule has 0 spiro atoms. The van der Waals surface area contributed by atoms with Gasteiger partial charge in [-0.25, -0.2) is 0 Å². The summed E-state index contributed by atoms with van der Waals surface area (Å²) in [5.41, 5.74) is 1.16. The lowest BCUT2D eigenvalue weighted by Crippen LogP contribution is -2.26. The predicted molar refractivity (Wildman–Crippen MR) is 84.7 cm³/mol. The second kappa shape index (κ2) is 11.6. The normalized spacial score (nSPS) is 9.70. The molecule has 20 heavy (non-hydrogen) atoms. The van der Waals surface area contributed by atoms with Crippen molar-refractivity contribution >= 4 is 18.3 Å². The zero-order valence-electron chi connectivity index (χ0n) is 12.3. The first-order valence-corrected chi connectivity index (χ1v) is 6.89. The lowest BCUT2D eigenvalue weighted by molar-refractivity contribution is -0.121. The summed E-state index contributed by atoms with van der Waals surface area (Å²) in [6.45, 7) is 4.31. The molecule has 0 atom stereocenters. The van der Waals surface area contributed by atoms with Crippen LogP contribution >= 0.6 is 12.4 Å². The maximum Gasteiger partial charge on any atom is 0.220 e. The zero-order valence-corrected chi connectivity index (χ0v) is 13.1. The molecule has 0 aliphatic heterocycles. The molecule has 0 radical (unpaired) electrons. The van der Waals surface area contributed by atoms with E-state index in [2.05, 4.69) is 10.6 Å². The number of carbonyl (C=O) groups is 1. The number of aryl methyl sites for hydroxylation is 1. The van der Waals surface area contributed by atoms with Crippen molar-refractivity contribution in [2.45, 2.75) is 26.2 Å². The summed E-state index contributed by atoms with van der Waals surface area (Å²) < 4.78 is 5.38. The lowest BCUT2D eigenvalue weighted by Gasteiger charge is -2.06. The molecule has 4 nitrogen and oxygen atoms in total. The van der Waals surface area contributed by atoms with E-state index in [9.17, 15) is 4.79 Å². The van der Waals surface area contributed by atoms with E-state index in [0.29, 0.717) is 13.0 Å². The predicted octanol–water partition coefficient (Wildman–Crippen LogP) is 2.17. The molecule has 0 unspecified atom stereocenters. The van der Waals surface area contributed by atoms with Crippen molar-refractivity contribution < 1.29 is 9.53 Å². The van der Waals surface area contributed by atoms with Crippen LogP contribution in [0.3, 0.4) is 0 Å². The van der Waals surface area contributed by atoms with E-state index in [-0.39, 0.29) is 18.3 Å². The van der Waals surface area contributed by atoms with Gasteiger partial charge < -0.3 is 15.4 Å². The summed E-state index contributed by atoms with van der Waals surface area (Å²) in [6.07, 6.45) is 2.27. The number of benzene rings is 1. The van der Waals surface area contributed by atoms with Gasteiger partial charge in [0.2, 0.25) is 5.91 Å². The Morgan fingerprint density at radius 2 is 1.90 bits per heavy atom. The van der Waals surface area contributed by atoms with E-state index in [1.54, 1.807) is 0 Å². The largest absolute Gasteiger partial charge is 0.494 e. The standard InChI is InChI=1S/C15H24N2O2.ClH/c1-3-19-14-8-5-13(6-9-14)7-10-15(18)17-12-4-11-16-2;/h5-6,8-9,16H,3-4,7,10-12H2,1-2H3,(H,17,18);1H. The van der Waals surface area contributed by atoms with Crippen molar-refractivity contribution in [2.24, 2.45) is 0 Å². The van der Waals surface area contributed by atoms with Gasteiger partial charge in [-0.05, 0) is 51.1 Å². The molecule has 1 rings (SSSR count). The number of hydrogen-bond donors (Lipinski definition) is 2. The number of amides is 1. The maximum atomic E-state index is 11.6. The van der Waals surface area contributed by atoms with E-state index < -0.39 is 0 Å². The number of hydrogen-bond acceptors (Lipinski definition) is 3. The van der Waals surface area contributed by atoms with Crippen molar-refractivity contribution in [3.05, 3.63) is 29.8 Å². The fraction of sp³-hybridized carbons (Fsp3) is 0.533. The number of halogens is 1. The molecule has 0 aromatic heterocycles. The van der Waals surface area contributed by atoms with Crippen LogP contribution in [0.2, 0.25) is 0 Å². The summed E-state index contributed by atoms with van der Waals surface area (Å²) in [4.78, 5) is 11.6. The van der Waals surface area contributed by atoms with Crippen LogP contribution in [0.25, 0.3) is 0 Å². The Kier molecular flexibility index (Phi) is 10.8. The third-order valence-electron chi connectivity index (χ3n) is 2.80. The van der Waals surface area contributed by atoms with E-state index >= 15 is 0 Å². The zero-order chi connectivity index (χ0) is 13.9. The minimum absolute atomic E-state index is 0. The van der Waals surface area contributed by atoms with Gasteiger partial charge in [-0.2, -0.15) is 0 Å². The fourth-order valence-electron chi connectivity index (χ4n) is 1.76. The molecule has 5 heteroatoms. The average Bonchev–Trinajstić information content (AvgIpc) is 2.43. The molecule has 1 amide bonds. The fourth-order valence-corrected chi connectivity index (χ4v) is 1.76. The van der Waals surface area contributed by atoms with Crippen LogP contribution in [-0.4, -0.2) is 32.7 Å². The highest BCUT2D eigenvalue weighted by molar-refractivity contribution is 5.85. The highest BCUT2D eigenvalue weighted by Crippen LogP contribution is 2.13. The SMILES string of the molecule is CCOc1ccc(CCC(=O)NCCCNC)cc1.Cl. The second-order valence-corrected chi connectivity index (χ2v) is 4.38. The maximum absolute atomic E-state index is 11.6. The van der Waals surface area contributed by atoms with Gasteiger partial charge in [0.1, 0.15) is 5.75 Å². The molecule has 2 N–H and O–H groups in total. The summed E-state index contributed by atoms with van der Waals surface area (Å²) in [7, 11) is 1.91. The number of nitrogens with one attached hydrogen (secondary N) is 2. The van der Waals surface area contributed by atoms with E-state index in [1.807, 2.05) is 38.2 Å². The number of carbonyl (C=O) groups excluding carboxylic acids is 1. The molecular weight excluding hydrogens is 276 g/mol. The average molecular weight is 301 g/mol. The van der Waals surface area contributed by atoms with Gasteiger partial charge in [0.15, 0.2) is 0 Å². The first-order chi connectivity index (χ1) is 9.26. The molecule has 0 aliphatic rings. The third kappa shape index (κ3) is 8.02. The summed E-state index contributed by atoms with van der Waals surface area (Å²) >= 11 is 0. The van der Waals surface area contributed by atoms with Gasteiger partial charge >= 0.3 is 0 Å². The first kappa shape index (κ1) is 18.7. The highest BCUT2D eigenvalue weighted by atomic mass is 35.5. The molecule has 0 aliphatic carbocycles. The van der Waals surface area contributed by atoms with Crippen LogP contribution in [0, 0.1) is 0 Å². The monoisotopic (exact) mass is 300 g/mol. The van der Waals surface area contributed by atoms with Gasteiger partial charge in [-0.15, -0.1) is 12.4 Å². The van der Waals surface area contributed by atoms with Crippen molar-refractivity contribution in [2.75, 3.05) is 26.7 Å². The van der Waals surface area contributed by atoms with Crippen LogP contribution in [0.4, 0.5) is 0 Å². The molecule has 114 valence electrons. The van der Waals surface area contributed by atoms with Gasteiger partial charge in [0.05, 0.1) is 6.61 Å². The number of ether oxygens (including phenoxy) is 1. The molecule has 0 saturated heterocycles. The molecule has 0 bridgehead atoms. The minimum atomic E-state index is 0. The molecule has 0 saturated carbocycles. The molecular formula is C15H25ClN2O2. The van der Waals surface area contributed by atoms with Crippen LogP contribution in [0.15, 0.2) is 24.3 Å². The van der Waals surface area contributed by atoms with Gasteiger partial charge in [0.25, 0.3) is 0 Å². The van der Waals surface area contributed by atoms with Crippen molar-refractivity contribution in [3.63, 3.8) is 0 Å². The van der Waals surface area contributed by atoms with Crippen molar-refractivity contribution in [3.8, 4) is 5.75 Å². The van der Waals surface area contributed by atoms with Gasteiger partial charge in [-0.3, -0.25) is 4.79 Å². The quantitative estimate of drug-likeness (QED) is 0.687. The summed E-state index contributed by atoms with van der Waals surface area (Å²) in [5.74, 6) is 0.993. The molecule has 0 heterocycles. The first-order valence-electron chi connectivity index (χ1n) is 6.89. The Hall–Kier alpha value is -1.26. The Morgan fingerprint density at radius 3 is 2.50 bits per heavy atom. The van der Waals surface area contributed by atoms with E-state index in [0.717, 1.165) is 37.2 Å². The van der Waals surface area contributed by atoms with Crippen LogP contribution < -0.4 is 15.4 Å². The summed E-state index contributed by atoms with van der Waals surface area (Å²) in [6, 6.07) is 7.92. The van der Waals surface area contributed by atoms with Crippen LogP contribution in [-0.2, 0) is 11.2 Å². The minimum Gasteiger partial charge on any atom is -0.494 e. The highest BCUT2D eigenvalue weighted by Gasteiger charge is 2.02. The van der Waals surface area contributed by atoms with Crippen molar-refractivity contribution in [1.29, 1.82) is 0 Å². The topological polar surface area (TPSA) is 50.4 Å². The second-order valence-electron chi connectivity index (χ2n) is 4.38. The molecule has 0 fully saturated rings. The summed E-state index contributed by atoms with van der Waals surface area (Å²) in [5, 5.41) is 5.97.